The molecule has 0 radical (unpaired) electrons. The zero-order chi connectivity index (χ0) is 13.2. The molecule has 0 saturated heterocycles. The lowest BCUT2D eigenvalue weighted by Gasteiger charge is -2.12. The first-order valence-electron chi connectivity index (χ1n) is 5.47. The molecule has 0 unspecified atom stereocenters. The molecule has 2 aromatic carbocycles. The molecule has 2 rings (SSSR count). The number of benzene rings is 2. The highest BCUT2D eigenvalue weighted by molar-refractivity contribution is 7.86. The van der Waals surface area contributed by atoms with Crippen molar-refractivity contribution in [1.82, 2.24) is 0 Å². The van der Waals surface area contributed by atoms with E-state index in [1.165, 1.54) is 0 Å². The molecular weight excluding hydrogens is 252 g/mol. The first-order valence-corrected chi connectivity index (χ1v) is 6.91. The molecule has 0 fully saturated rings. The number of nitrogens with one attached hydrogen (secondary N) is 1. The second-order valence-corrected chi connectivity index (χ2v) is 5.21. The van der Waals surface area contributed by atoms with Gasteiger partial charge in [0.05, 0.1) is 5.69 Å². The predicted octanol–water partition coefficient (Wildman–Crippen LogP) is 1.46. The number of hydrogen-bond acceptors (Lipinski definition) is 4. The maximum atomic E-state index is 11.5. The van der Waals surface area contributed by atoms with Gasteiger partial charge in [-0.25, -0.2) is 0 Å². The van der Waals surface area contributed by atoms with Crippen LogP contribution in [-0.2, 0) is 10.1 Å². The van der Waals surface area contributed by atoms with Gasteiger partial charge < -0.3 is 11.1 Å². The lowest BCUT2D eigenvalue weighted by molar-refractivity contribution is 0.484. The summed E-state index contributed by atoms with van der Waals surface area (Å²) in [5.41, 5.74) is 5.74. The summed E-state index contributed by atoms with van der Waals surface area (Å²) in [6.45, 7) is 0.804. The van der Waals surface area contributed by atoms with E-state index in [-0.39, 0.29) is 4.90 Å². The number of fused-ring (bicyclic) bond motifs is 1. The lowest BCUT2D eigenvalue weighted by Crippen LogP contribution is -2.15. The Morgan fingerprint density at radius 2 is 1.89 bits per heavy atom. The minimum absolute atomic E-state index is 0.103. The SMILES string of the molecule is NCCNc1ccc2ccccc2c1S(=O)(=O)O. The van der Waals surface area contributed by atoms with Crippen molar-refractivity contribution in [2.24, 2.45) is 5.73 Å². The standard InChI is InChI=1S/C12H14N2O3S/c13-7-8-14-11-6-5-9-3-1-2-4-10(9)12(11)18(15,16)17/h1-6,14H,7-8,13H2,(H,15,16,17). The summed E-state index contributed by atoms with van der Waals surface area (Å²) in [6, 6.07) is 10.4. The first kappa shape index (κ1) is 12.8. The molecule has 0 aromatic heterocycles. The van der Waals surface area contributed by atoms with Gasteiger partial charge in [-0.1, -0.05) is 30.3 Å². The van der Waals surface area contributed by atoms with Crippen LogP contribution in [0.4, 0.5) is 5.69 Å². The van der Waals surface area contributed by atoms with Gasteiger partial charge in [-0.3, -0.25) is 4.55 Å². The van der Waals surface area contributed by atoms with E-state index in [9.17, 15) is 13.0 Å². The van der Waals surface area contributed by atoms with Crippen LogP contribution < -0.4 is 11.1 Å². The van der Waals surface area contributed by atoms with Crippen molar-refractivity contribution >= 4 is 26.6 Å². The molecule has 0 heterocycles. The summed E-state index contributed by atoms with van der Waals surface area (Å²) in [4.78, 5) is -0.103. The Kier molecular flexibility index (Phi) is 3.51. The van der Waals surface area contributed by atoms with Gasteiger partial charge in [0.15, 0.2) is 0 Å². The van der Waals surface area contributed by atoms with Crippen LogP contribution in [0.15, 0.2) is 41.3 Å². The molecule has 0 bridgehead atoms. The highest BCUT2D eigenvalue weighted by atomic mass is 32.2. The maximum Gasteiger partial charge on any atom is 0.297 e. The summed E-state index contributed by atoms with van der Waals surface area (Å²) in [6.07, 6.45) is 0. The fourth-order valence-electron chi connectivity index (χ4n) is 1.87. The van der Waals surface area contributed by atoms with Crippen LogP contribution in [0.5, 0.6) is 0 Å². The zero-order valence-electron chi connectivity index (χ0n) is 9.63. The average molecular weight is 266 g/mol. The molecule has 18 heavy (non-hydrogen) atoms. The van der Waals surface area contributed by atoms with Crippen LogP contribution >= 0.6 is 0 Å². The number of rotatable bonds is 4. The monoisotopic (exact) mass is 266 g/mol. The normalized spacial score (nSPS) is 11.7. The van der Waals surface area contributed by atoms with Gasteiger partial charge in [0.1, 0.15) is 4.90 Å². The van der Waals surface area contributed by atoms with Crippen molar-refractivity contribution in [2.45, 2.75) is 4.90 Å². The molecule has 0 amide bonds. The van der Waals surface area contributed by atoms with Gasteiger partial charge in [0, 0.05) is 18.5 Å². The van der Waals surface area contributed by atoms with Crippen molar-refractivity contribution in [2.75, 3.05) is 18.4 Å². The predicted molar refractivity (Wildman–Crippen MR) is 71.3 cm³/mol. The van der Waals surface area contributed by atoms with E-state index in [2.05, 4.69) is 5.32 Å². The van der Waals surface area contributed by atoms with Gasteiger partial charge in [0.25, 0.3) is 10.1 Å². The van der Waals surface area contributed by atoms with Crippen LogP contribution in [0.2, 0.25) is 0 Å². The Morgan fingerprint density at radius 1 is 1.17 bits per heavy atom. The summed E-state index contributed by atoms with van der Waals surface area (Å²) in [5.74, 6) is 0. The second-order valence-electron chi connectivity index (χ2n) is 3.85. The van der Waals surface area contributed by atoms with E-state index < -0.39 is 10.1 Å². The van der Waals surface area contributed by atoms with E-state index in [1.54, 1.807) is 30.3 Å². The van der Waals surface area contributed by atoms with E-state index >= 15 is 0 Å². The van der Waals surface area contributed by atoms with Gasteiger partial charge in [0.2, 0.25) is 0 Å². The van der Waals surface area contributed by atoms with Crippen molar-refractivity contribution in [3.05, 3.63) is 36.4 Å². The number of hydrogen-bond donors (Lipinski definition) is 3. The van der Waals surface area contributed by atoms with Gasteiger partial charge in [-0.2, -0.15) is 8.42 Å². The summed E-state index contributed by atoms with van der Waals surface area (Å²) in [5, 5.41) is 4.14. The molecule has 0 atom stereocenters. The lowest BCUT2D eigenvalue weighted by atomic mass is 10.1. The smallest absolute Gasteiger partial charge is 0.297 e. The summed E-state index contributed by atoms with van der Waals surface area (Å²) in [7, 11) is -4.29. The maximum absolute atomic E-state index is 11.5. The molecular formula is C12H14N2O3S. The molecule has 5 nitrogen and oxygen atoms in total. The second kappa shape index (κ2) is 4.93. The number of anilines is 1. The Balaban J connectivity index is 2.72. The van der Waals surface area contributed by atoms with E-state index in [0.717, 1.165) is 5.39 Å². The van der Waals surface area contributed by atoms with Crippen LogP contribution in [-0.4, -0.2) is 26.1 Å². The Labute approximate surface area is 105 Å². The molecule has 0 aliphatic rings. The molecule has 0 spiro atoms. The highest BCUT2D eigenvalue weighted by Crippen LogP contribution is 2.30. The summed E-state index contributed by atoms with van der Waals surface area (Å²) < 4.78 is 32.4. The van der Waals surface area contributed by atoms with Gasteiger partial charge in [-0.15, -0.1) is 0 Å². The van der Waals surface area contributed by atoms with Gasteiger partial charge >= 0.3 is 0 Å². The zero-order valence-corrected chi connectivity index (χ0v) is 10.4. The quantitative estimate of drug-likeness (QED) is 0.728. The van der Waals surface area contributed by atoms with Crippen molar-refractivity contribution in [3.8, 4) is 0 Å². The molecule has 2 aromatic rings. The number of nitrogens with two attached hydrogens (primary N) is 1. The fraction of sp³-hybridized carbons (Fsp3) is 0.167. The topological polar surface area (TPSA) is 92.4 Å². The molecule has 96 valence electrons. The van der Waals surface area contributed by atoms with Crippen molar-refractivity contribution in [1.29, 1.82) is 0 Å². The third-order valence-electron chi connectivity index (χ3n) is 2.60. The minimum Gasteiger partial charge on any atom is -0.383 e. The van der Waals surface area contributed by atoms with E-state index in [0.29, 0.717) is 24.2 Å². The van der Waals surface area contributed by atoms with E-state index in [4.69, 9.17) is 5.73 Å². The highest BCUT2D eigenvalue weighted by Gasteiger charge is 2.18. The molecule has 0 aliphatic heterocycles. The van der Waals surface area contributed by atoms with Crippen molar-refractivity contribution < 1.29 is 13.0 Å². The Morgan fingerprint density at radius 3 is 2.56 bits per heavy atom. The van der Waals surface area contributed by atoms with Crippen LogP contribution in [0, 0.1) is 0 Å². The Hall–Kier alpha value is -1.63. The van der Waals surface area contributed by atoms with Crippen LogP contribution in [0.3, 0.4) is 0 Å². The van der Waals surface area contributed by atoms with Crippen LogP contribution in [0.25, 0.3) is 10.8 Å². The fourth-order valence-corrected chi connectivity index (χ4v) is 2.75. The third-order valence-corrected chi connectivity index (χ3v) is 3.55. The molecule has 0 aliphatic carbocycles. The largest absolute Gasteiger partial charge is 0.383 e. The average Bonchev–Trinajstić information content (AvgIpc) is 2.34. The Bertz CT molecular complexity index is 668. The molecule has 6 heteroatoms. The van der Waals surface area contributed by atoms with Gasteiger partial charge in [-0.05, 0) is 11.5 Å². The summed E-state index contributed by atoms with van der Waals surface area (Å²) >= 11 is 0. The molecule has 4 N–H and O–H groups in total. The first-order chi connectivity index (χ1) is 8.54. The van der Waals surface area contributed by atoms with E-state index in [1.807, 2.05) is 6.07 Å². The molecule has 0 saturated carbocycles. The third kappa shape index (κ3) is 2.45. The van der Waals surface area contributed by atoms with Crippen LogP contribution in [0.1, 0.15) is 0 Å². The minimum atomic E-state index is -4.29. The van der Waals surface area contributed by atoms with Crippen molar-refractivity contribution in [3.63, 3.8) is 0 Å².